The Morgan fingerprint density at radius 2 is 2.17 bits per heavy atom. The Balaban J connectivity index is 1.57. The standard InChI is InChI=1S/C19H23ClN4O5/c1-11-5-3-4-8-19(11)17(27)24(18(28)23-19)10-15(25)29-12(2)16(26)22-14-7-6-13(20)9-21-14/h6-7,9,11-12H,3-5,8,10H2,1-2H3,(H,23,28)(H,21,22,26)/t11-,12+,19+/m1/s1. The van der Waals surface area contributed by atoms with Crippen LogP contribution in [0.15, 0.2) is 18.3 Å². The van der Waals surface area contributed by atoms with Gasteiger partial charge >= 0.3 is 12.0 Å². The SMILES string of the molecule is C[C@H](OC(=O)CN1C(=O)N[C@]2(CCCC[C@H]2C)C1=O)C(=O)Nc1ccc(Cl)cn1. The summed E-state index contributed by atoms with van der Waals surface area (Å²) in [5.41, 5.74) is -0.946. The van der Waals surface area contributed by atoms with Gasteiger partial charge in [0, 0.05) is 6.20 Å². The van der Waals surface area contributed by atoms with Gasteiger partial charge in [-0.2, -0.15) is 0 Å². The summed E-state index contributed by atoms with van der Waals surface area (Å²) in [6, 6.07) is 2.45. The lowest BCUT2D eigenvalue weighted by atomic mass is 9.73. The summed E-state index contributed by atoms with van der Waals surface area (Å²) in [6.45, 7) is 2.77. The second-order valence-corrected chi connectivity index (χ2v) is 7.86. The first-order valence-electron chi connectivity index (χ1n) is 9.49. The molecule has 3 atom stereocenters. The van der Waals surface area contributed by atoms with Gasteiger partial charge in [-0.1, -0.05) is 31.4 Å². The van der Waals surface area contributed by atoms with Gasteiger partial charge < -0.3 is 15.4 Å². The Labute approximate surface area is 173 Å². The van der Waals surface area contributed by atoms with Crippen molar-refractivity contribution in [3.63, 3.8) is 0 Å². The first kappa shape index (κ1) is 21.0. The number of esters is 1. The van der Waals surface area contributed by atoms with Gasteiger partial charge in [0.1, 0.15) is 17.9 Å². The zero-order chi connectivity index (χ0) is 21.2. The molecular formula is C19H23ClN4O5. The molecule has 1 saturated heterocycles. The van der Waals surface area contributed by atoms with E-state index in [0.717, 1.165) is 24.2 Å². The Hall–Kier alpha value is -2.68. The molecule has 1 saturated carbocycles. The summed E-state index contributed by atoms with van der Waals surface area (Å²) in [4.78, 5) is 54.4. The van der Waals surface area contributed by atoms with Crippen molar-refractivity contribution in [3.8, 4) is 0 Å². The Morgan fingerprint density at radius 3 is 2.83 bits per heavy atom. The van der Waals surface area contributed by atoms with E-state index in [9.17, 15) is 19.2 Å². The maximum Gasteiger partial charge on any atom is 0.327 e. The summed E-state index contributed by atoms with van der Waals surface area (Å²) >= 11 is 5.74. The van der Waals surface area contributed by atoms with Crippen LogP contribution in [0.25, 0.3) is 0 Å². The van der Waals surface area contributed by atoms with Crippen LogP contribution < -0.4 is 10.6 Å². The maximum absolute atomic E-state index is 12.9. The van der Waals surface area contributed by atoms with Gasteiger partial charge in [0.25, 0.3) is 11.8 Å². The third kappa shape index (κ3) is 4.34. The number of urea groups is 1. The highest BCUT2D eigenvalue weighted by atomic mass is 35.5. The Kier molecular flexibility index (Phi) is 6.07. The topological polar surface area (TPSA) is 118 Å². The van der Waals surface area contributed by atoms with Crippen molar-refractivity contribution in [2.45, 2.75) is 51.2 Å². The smallest absolute Gasteiger partial charge is 0.327 e. The molecule has 0 unspecified atom stereocenters. The zero-order valence-corrected chi connectivity index (χ0v) is 17.0. The maximum atomic E-state index is 12.9. The highest BCUT2D eigenvalue weighted by molar-refractivity contribution is 6.30. The van der Waals surface area contributed by atoms with Gasteiger partial charge in [0.05, 0.1) is 5.02 Å². The van der Waals surface area contributed by atoms with Crippen LogP contribution in [-0.4, -0.2) is 51.9 Å². The van der Waals surface area contributed by atoms with Crippen molar-refractivity contribution in [3.05, 3.63) is 23.4 Å². The van der Waals surface area contributed by atoms with Crippen LogP contribution >= 0.6 is 11.6 Å². The number of hydrogen-bond acceptors (Lipinski definition) is 6. The summed E-state index contributed by atoms with van der Waals surface area (Å²) in [7, 11) is 0. The number of halogens is 1. The molecule has 9 nitrogen and oxygen atoms in total. The number of ether oxygens (including phenoxy) is 1. The fraction of sp³-hybridized carbons (Fsp3) is 0.526. The highest BCUT2D eigenvalue weighted by Gasteiger charge is 2.55. The van der Waals surface area contributed by atoms with Crippen molar-refractivity contribution < 1.29 is 23.9 Å². The molecule has 0 radical (unpaired) electrons. The van der Waals surface area contributed by atoms with Crippen molar-refractivity contribution in [2.24, 2.45) is 5.92 Å². The van der Waals surface area contributed by atoms with E-state index >= 15 is 0 Å². The number of hydrogen-bond donors (Lipinski definition) is 2. The number of nitrogens with one attached hydrogen (secondary N) is 2. The van der Waals surface area contributed by atoms with Crippen LogP contribution in [0, 0.1) is 5.92 Å². The number of pyridine rings is 1. The van der Waals surface area contributed by atoms with Crippen molar-refractivity contribution in [1.29, 1.82) is 0 Å². The van der Waals surface area contributed by atoms with E-state index in [0.29, 0.717) is 11.4 Å². The summed E-state index contributed by atoms with van der Waals surface area (Å²) in [5.74, 6) is -1.60. The molecule has 3 rings (SSSR count). The third-order valence-corrected chi connectivity index (χ3v) is 5.67. The number of carbonyl (C=O) groups excluding carboxylic acids is 4. The molecule has 29 heavy (non-hydrogen) atoms. The third-order valence-electron chi connectivity index (χ3n) is 5.44. The Bertz CT molecular complexity index is 830. The van der Waals surface area contributed by atoms with E-state index < -0.39 is 42.0 Å². The predicted octanol–water partition coefficient (Wildman–Crippen LogP) is 2.11. The van der Waals surface area contributed by atoms with Crippen molar-refractivity contribution in [1.82, 2.24) is 15.2 Å². The number of anilines is 1. The number of nitrogens with zero attached hydrogens (tertiary/aromatic N) is 2. The molecule has 156 valence electrons. The molecule has 0 aromatic carbocycles. The van der Waals surface area contributed by atoms with Crippen LogP contribution in [0.4, 0.5) is 10.6 Å². The minimum Gasteiger partial charge on any atom is -0.451 e. The number of rotatable bonds is 5. The molecule has 0 bridgehead atoms. The molecule has 1 aromatic heterocycles. The number of amides is 4. The fourth-order valence-corrected chi connectivity index (χ4v) is 3.85. The van der Waals surface area contributed by atoms with E-state index in [1.54, 1.807) is 6.07 Å². The van der Waals surface area contributed by atoms with Gasteiger partial charge in [-0.15, -0.1) is 0 Å². The summed E-state index contributed by atoms with van der Waals surface area (Å²) in [5, 5.41) is 5.68. The predicted molar refractivity (Wildman–Crippen MR) is 104 cm³/mol. The number of imide groups is 1. The van der Waals surface area contributed by atoms with E-state index in [2.05, 4.69) is 15.6 Å². The summed E-state index contributed by atoms with van der Waals surface area (Å²) in [6.07, 6.45) is 3.46. The lowest BCUT2D eigenvalue weighted by molar-refractivity contribution is -0.155. The second kappa shape index (κ2) is 8.36. The second-order valence-electron chi connectivity index (χ2n) is 7.42. The largest absolute Gasteiger partial charge is 0.451 e. The van der Waals surface area contributed by atoms with Crippen molar-refractivity contribution >= 4 is 41.2 Å². The molecule has 1 aromatic rings. The van der Waals surface area contributed by atoms with Crippen molar-refractivity contribution in [2.75, 3.05) is 11.9 Å². The minimum absolute atomic E-state index is 0.00898. The molecule has 2 heterocycles. The summed E-state index contributed by atoms with van der Waals surface area (Å²) < 4.78 is 5.09. The lowest BCUT2D eigenvalue weighted by Crippen LogP contribution is -2.54. The molecule has 2 aliphatic rings. The van der Waals surface area contributed by atoms with E-state index in [4.69, 9.17) is 16.3 Å². The fourth-order valence-electron chi connectivity index (χ4n) is 3.73. The van der Waals surface area contributed by atoms with Gasteiger partial charge in [-0.25, -0.2) is 9.78 Å². The molecule has 1 aliphatic heterocycles. The zero-order valence-electron chi connectivity index (χ0n) is 16.2. The molecular weight excluding hydrogens is 400 g/mol. The first-order chi connectivity index (χ1) is 13.7. The molecule has 1 aliphatic carbocycles. The van der Waals surface area contributed by atoms with E-state index in [1.165, 1.54) is 19.2 Å². The highest BCUT2D eigenvalue weighted by Crippen LogP contribution is 2.38. The normalized spacial score (nSPS) is 24.9. The van der Waals surface area contributed by atoms with Gasteiger partial charge in [-0.05, 0) is 37.8 Å². The van der Waals surface area contributed by atoms with Gasteiger partial charge in [-0.3, -0.25) is 19.3 Å². The van der Waals surface area contributed by atoms with Crippen LogP contribution in [0.1, 0.15) is 39.5 Å². The minimum atomic E-state index is -1.14. The van der Waals surface area contributed by atoms with Crippen LogP contribution in [0.2, 0.25) is 5.02 Å². The van der Waals surface area contributed by atoms with E-state index in [1.807, 2.05) is 6.92 Å². The lowest BCUT2D eigenvalue weighted by Gasteiger charge is -2.36. The molecule has 2 fully saturated rings. The number of aromatic nitrogens is 1. The molecule has 1 spiro atoms. The molecule has 4 amide bonds. The van der Waals surface area contributed by atoms with Gasteiger partial charge in [0.15, 0.2) is 6.10 Å². The monoisotopic (exact) mass is 422 g/mol. The van der Waals surface area contributed by atoms with Crippen LogP contribution in [0.5, 0.6) is 0 Å². The Morgan fingerprint density at radius 1 is 1.41 bits per heavy atom. The first-order valence-corrected chi connectivity index (χ1v) is 9.87. The van der Waals surface area contributed by atoms with Gasteiger partial charge in [0.2, 0.25) is 0 Å². The molecule has 2 N–H and O–H groups in total. The average molecular weight is 423 g/mol. The van der Waals surface area contributed by atoms with E-state index in [-0.39, 0.29) is 11.7 Å². The molecule has 10 heteroatoms. The number of carbonyl (C=O) groups is 4. The average Bonchev–Trinajstić information content (AvgIpc) is 2.91. The van der Waals surface area contributed by atoms with Crippen LogP contribution in [-0.2, 0) is 19.1 Å². The quantitative estimate of drug-likeness (QED) is 0.554. The van der Waals surface area contributed by atoms with Crippen LogP contribution in [0.3, 0.4) is 0 Å².